The van der Waals surface area contributed by atoms with Gasteiger partial charge in [-0.15, -0.1) is 0 Å². The molecule has 0 amide bonds. The molecular weight excluding hydrogens is 354 g/mol. The number of rotatable bonds is 8. The van der Waals surface area contributed by atoms with E-state index >= 15 is 0 Å². The van der Waals surface area contributed by atoms with Crippen LogP contribution in [0.25, 0.3) is 0 Å². The molecule has 2 aliphatic heterocycles. The second-order valence-corrected chi connectivity index (χ2v) is 7.60. The number of nitrogens with one attached hydrogen (secondary N) is 1. The van der Waals surface area contributed by atoms with Gasteiger partial charge in [0.2, 0.25) is 0 Å². The first-order valence-electron chi connectivity index (χ1n) is 10.6. The van der Waals surface area contributed by atoms with E-state index in [4.69, 9.17) is 14.2 Å². The Hall–Kier alpha value is -1.79. The van der Waals surface area contributed by atoms with Crippen LogP contribution in [0.15, 0.2) is 29.3 Å². The molecule has 1 aromatic rings. The zero-order valence-electron chi connectivity index (χ0n) is 17.4. The molecule has 0 radical (unpaired) electrons. The van der Waals surface area contributed by atoms with Gasteiger partial charge in [0.25, 0.3) is 0 Å². The van der Waals surface area contributed by atoms with Gasteiger partial charge in [0.15, 0.2) is 5.96 Å². The molecule has 6 heteroatoms. The Morgan fingerprint density at radius 2 is 2.07 bits per heavy atom. The lowest BCUT2D eigenvalue weighted by atomic mass is 10.1. The Bertz CT molecular complexity index is 609. The lowest BCUT2D eigenvalue weighted by molar-refractivity contribution is -0.0367. The van der Waals surface area contributed by atoms with Gasteiger partial charge in [-0.25, -0.2) is 0 Å². The molecule has 1 N–H and O–H groups in total. The van der Waals surface area contributed by atoms with E-state index in [1.165, 1.54) is 12.0 Å². The number of guanidine groups is 1. The van der Waals surface area contributed by atoms with Crippen molar-refractivity contribution in [2.75, 3.05) is 46.5 Å². The van der Waals surface area contributed by atoms with Crippen molar-refractivity contribution in [3.8, 4) is 5.75 Å². The van der Waals surface area contributed by atoms with Crippen LogP contribution in [0.2, 0.25) is 0 Å². The van der Waals surface area contributed by atoms with Gasteiger partial charge < -0.3 is 24.4 Å². The number of nitrogens with zero attached hydrogens (tertiary/aromatic N) is 2. The average Bonchev–Trinajstić information content (AvgIpc) is 3.25. The highest BCUT2D eigenvalue weighted by atomic mass is 16.5. The molecule has 2 saturated heterocycles. The van der Waals surface area contributed by atoms with Crippen LogP contribution >= 0.6 is 0 Å². The van der Waals surface area contributed by atoms with E-state index in [0.717, 1.165) is 70.2 Å². The predicted octanol–water partition coefficient (Wildman–Crippen LogP) is 3.00. The maximum absolute atomic E-state index is 6.06. The van der Waals surface area contributed by atoms with E-state index in [9.17, 15) is 0 Å². The summed E-state index contributed by atoms with van der Waals surface area (Å²) in [6.07, 6.45) is 6.01. The number of hydrogen-bond acceptors (Lipinski definition) is 4. The number of aliphatic imine (C=N–C) groups is 1. The quantitative estimate of drug-likeness (QED) is 0.421. The zero-order valence-corrected chi connectivity index (χ0v) is 17.4. The molecule has 1 unspecified atom stereocenters. The summed E-state index contributed by atoms with van der Waals surface area (Å²) >= 11 is 0. The van der Waals surface area contributed by atoms with E-state index in [-0.39, 0.29) is 0 Å². The third kappa shape index (κ3) is 6.38. The molecule has 0 aromatic heterocycles. The third-order valence-corrected chi connectivity index (χ3v) is 5.45. The summed E-state index contributed by atoms with van der Waals surface area (Å²) in [5, 5.41) is 3.47. The largest absolute Gasteiger partial charge is 0.493 e. The van der Waals surface area contributed by atoms with Crippen molar-refractivity contribution in [1.82, 2.24) is 10.2 Å². The maximum Gasteiger partial charge on any atom is 0.193 e. The average molecular weight is 390 g/mol. The minimum Gasteiger partial charge on any atom is -0.493 e. The van der Waals surface area contributed by atoms with E-state index in [0.29, 0.717) is 18.8 Å². The molecule has 0 bridgehead atoms. The molecule has 2 heterocycles. The Labute approximate surface area is 169 Å². The first-order valence-corrected chi connectivity index (χ1v) is 10.6. The van der Waals surface area contributed by atoms with Gasteiger partial charge in [0.05, 0.1) is 25.4 Å². The lowest BCUT2D eigenvalue weighted by Crippen LogP contribution is -2.47. The van der Waals surface area contributed by atoms with Gasteiger partial charge >= 0.3 is 0 Å². The number of benzene rings is 1. The fraction of sp³-hybridized carbons (Fsp3) is 0.682. The van der Waals surface area contributed by atoms with Crippen molar-refractivity contribution in [3.05, 3.63) is 29.8 Å². The summed E-state index contributed by atoms with van der Waals surface area (Å²) in [7, 11) is 1.85. The van der Waals surface area contributed by atoms with Crippen molar-refractivity contribution in [2.45, 2.75) is 51.2 Å². The number of aryl methyl sites for hydroxylation is 1. The van der Waals surface area contributed by atoms with Crippen molar-refractivity contribution in [3.63, 3.8) is 0 Å². The van der Waals surface area contributed by atoms with Gasteiger partial charge in [0, 0.05) is 33.3 Å². The van der Waals surface area contributed by atoms with Crippen LogP contribution < -0.4 is 10.1 Å². The fourth-order valence-corrected chi connectivity index (χ4v) is 3.76. The molecule has 1 aromatic carbocycles. The molecule has 3 rings (SSSR count). The third-order valence-electron chi connectivity index (χ3n) is 5.45. The van der Waals surface area contributed by atoms with Crippen molar-refractivity contribution < 1.29 is 14.2 Å². The maximum atomic E-state index is 6.06. The van der Waals surface area contributed by atoms with Gasteiger partial charge in [0.1, 0.15) is 5.75 Å². The first kappa shape index (κ1) is 20.9. The minimum atomic E-state index is 0.314. The Morgan fingerprint density at radius 1 is 1.25 bits per heavy atom. The number of hydrogen-bond donors (Lipinski definition) is 1. The van der Waals surface area contributed by atoms with Gasteiger partial charge in [-0.3, -0.25) is 4.99 Å². The van der Waals surface area contributed by atoms with Crippen LogP contribution in [0.4, 0.5) is 0 Å². The van der Waals surface area contributed by atoms with Crippen molar-refractivity contribution >= 4 is 5.96 Å². The summed E-state index contributed by atoms with van der Waals surface area (Å²) in [5.41, 5.74) is 1.18. The summed E-state index contributed by atoms with van der Waals surface area (Å²) in [4.78, 5) is 6.77. The smallest absolute Gasteiger partial charge is 0.193 e. The topological polar surface area (TPSA) is 55.3 Å². The summed E-state index contributed by atoms with van der Waals surface area (Å²) < 4.78 is 17.6. The van der Waals surface area contributed by atoms with Crippen LogP contribution in [-0.4, -0.2) is 69.6 Å². The molecule has 0 saturated carbocycles. The summed E-state index contributed by atoms with van der Waals surface area (Å²) in [6.45, 7) is 7.24. The van der Waals surface area contributed by atoms with Crippen LogP contribution in [0.1, 0.15) is 37.7 Å². The molecule has 156 valence electrons. The van der Waals surface area contributed by atoms with Gasteiger partial charge in [-0.05, 0) is 50.7 Å². The molecule has 2 fully saturated rings. The Balaban J connectivity index is 1.29. The van der Waals surface area contributed by atoms with Gasteiger partial charge in [-0.2, -0.15) is 0 Å². The predicted molar refractivity (Wildman–Crippen MR) is 112 cm³/mol. The highest BCUT2D eigenvalue weighted by Crippen LogP contribution is 2.18. The normalized spacial score (nSPS) is 21.1. The van der Waals surface area contributed by atoms with E-state index in [1.807, 2.05) is 25.2 Å². The summed E-state index contributed by atoms with van der Waals surface area (Å²) in [5.74, 6) is 1.95. The molecule has 2 aliphatic rings. The second kappa shape index (κ2) is 11.3. The molecule has 6 nitrogen and oxygen atoms in total. The SMILES string of the molecule is CN=C(NCCCOc1ccccc1C)N1CCC(OCC2CCCO2)CC1. The van der Waals surface area contributed by atoms with Crippen LogP contribution in [0, 0.1) is 6.92 Å². The standard InChI is InChI=1S/C22H35N3O3/c1-18-7-3-4-9-21(18)27-16-6-12-24-22(23-2)25-13-10-19(11-14-25)28-17-20-8-5-15-26-20/h3-4,7,9,19-20H,5-6,8,10-17H2,1-2H3,(H,23,24). The molecule has 0 spiro atoms. The van der Waals surface area contributed by atoms with Crippen LogP contribution in [-0.2, 0) is 9.47 Å². The molecule has 28 heavy (non-hydrogen) atoms. The first-order chi connectivity index (χ1) is 13.8. The minimum absolute atomic E-state index is 0.314. The number of para-hydroxylation sites is 1. The molecule has 1 atom stereocenters. The van der Waals surface area contributed by atoms with Crippen LogP contribution in [0.3, 0.4) is 0 Å². The second-order valence-electron chi connectivity index (χ2n) is 7.60. The fourth-order valence-electron chi connectivity index (χ4n) is 3.76. The van der Waals surface area contributed by atoms with Gasteiger partial charge in [-0.1, -0.05) is 18.2 Å². The zero-order chi connectivity index (χ0) is 19.6. The summed E-state index contributed by atoms with van der Waals surface area (Å²) in [6, 6.07) is 8.14. The molecule has 0 aliphatic carbocycles. The number of likely N-dealkylation sites (tertiary alicyclic amines) is 1. The highest BCUT2D eigenvalue weighted by Gasteiger charge is 2.24. The lowest BCUT2D eigenvalue weighted by Gasteiger charge is -2.34. The number of ether oxygens (including phenoxy) is 3. The highest BCUT2D eigenvalue weighted by molar-refractivity contribution is 5.79. The van der Waals surface area contributed by atoms with E-state index in [1.54, 1.807) is 0 Å². The number of piperidine rings is 1. The van der Waals surface area contributed by atoms with Crippen LogP contribution in [0.5, 0.6) is 5.75 Å². The molecular formula is C22H35N3O3. The Kier molecular flexibility index (Phi) is 8.42. The van der Waals surface area contributed by atoms with Crippen molar-refractivity contribution in [1.29, 1.82) is 0 Å². The Morgan fingerprint density at radius 3 is 2.79 bits per heavy atom. The van der Waals surface area contributed by atoms with Crippen molar-refractivity contribution in [2.24, 2.45) is 4.99 Å². The van der Waals surface area contributed by atoms with E-state index in [2.05, 4.69) is 28.2 Å². The van der Waals surface area contributed by atoms with E-state index < -0.39 is 0 Å². The monoisotopic (exact) mass is 389 g/mol.